The fraction of sp³-hybridized carbons (Fsp3) is 0.400. The minimum Gasteiger partial charge on any atom is -0.379 e. The van der Waals surface area contributed by atoms with Gasteiger partial charge >= 0.3 is 0 Å². The van der Waals surface area contributed by atoms with Gasteiger partial charge in [-0.2, -0.15) is 0 Å². The normalized spacial score (nSPS) is 18.6. The van der Waals surface area contributed by atoms with Crippen molar-refractivity contribution in [2.75, 3.05) is 18.5 Å². The number of nitrogens with one attached hydrogen (secondary N) is 1. The van der Waals surface area contributed by atoms with Gasteiger partial charge in [-0.3, -0.25) is 15.1 Å². The first-order chi connectivity index (χ1) is 10.1. The lowest BCUT2D eigenvalue weighted by Crippen LogP contribution is -2.30. The summed E-state index contributed by atoms with van der Waals surface area (Å²) in [6, 6.07) is 6.93. The van der Waals surface area contributed by atoms with E-state index in [-0.39, 0.29) is 16.7 Å². The third kappa shape index (κ3) is 2.95. The number of aromatic nitrogens is 1. The first-order valence-electron chi connectivity index (χ1n) is 7.03. The fourth-order valence-electron chi connectivity index (χ4n) is 2.65. The second-order valence-corrected chi connectivity index (χ2v) is 5.33. The van der Waals surface area contributed by atoms with Gasteiger partial charge in [0.25, 0.3) is 5.69 Å². The lowest BCUT2D eigenvalue weighted by atomic mass is 10.1. The molecule has 21 heavy (non-hydrogen) atoms. The van der Waals surface area contributed by atoms with Crippen molar-refractivity contribution in [2.24, 2.45) is 0 Å². The highest BCUT2D eigenvalue weighted by molar-refractivity contribution is 5.93. The van der Waals surface area contributed by atoms with Gasteiger partial charge in [0.15, 0.2) is 0 Å². The molecule has 6 heteroatoms. The first kappa shape index (κ1) is 13.8. The maximum Gasteiger partial charge on any atom is 0.270 e. The number of fused-ring (bicyclic) bond motifs is 1. The predicted molar refractivity (Wildman–Crippen MR) is 80.6 cm³/mol. The molecule has 3 rings (SSSR count). The molecule has 1 N–H and O–H groups in total. The molecule has 0 amide bonds. The van der Waals surface area contributed by atoms with Crippen molar-refractivity contribution >= 4 is 22.3 Å². The van der Waals surface area contributed by atoms with E-state index in [9.17, 15) is 10.1 Å². The van der Waals surface area contributed by atoms with Crippen molar-refractivity contribution in [1.82, 2.24) is 4.98 Å². The lowest BCUT2D eigenvalue weighted by Gasteiger charge is -2.25. The Morgan fingerprint density at radius 3 is 3.00 bits per heavy atom. The molecule has 0 bridgehead atoms. The van der Waals surface area contributed by atoms with Gasteiger partial charge in [-0.15, -0.1) is 0 Å². The van der Waals surface area contributed by atoms with E-state index in [1.807, 2.05) is 13.0 Å². The molecule has 1 unspecified atom stereocenters. The maximum atomic E-state index is 11.0. The molecule has 1 saturated heterocycles. The highest BCUT2D eigenvalue weighted by Gasteiger charge is 2.16. The molecule has 1 aliphatic heterocycles. The third-order valence-electron chi connectivity index (χ3n) is 3.65. The van der Waals surface area contributed by atoms with Gasteiger partial charge in [0.1, 0.15) is 0 Å². The summed E-state index contributed by atoms with van der Waals surface area (Å²) in [5.41, 5.74) is 2.61. The summed E-state index contributed by atoms with van der Waals surface area (Å²) < 4.78 is 5.47. The quantitative estimate of drug-likeness (QED) is 0.693. The number of rotatable bonds is 3. The van der Waals surface area contributed by atoms with Crippen LogP contribution in [0.5, 0.6) is 0 Å². The Hall–Kier alpha value is -2.21. The van der Waals surface area contributed by atoms with E-state index in [0.717, 1.165) is 41.7 Å². The molecule has 2 aromatic rings. The zero-order chi connectivity index (χ0) is 14.8. The minimum absolute atomic E-state index is 0.0797. The van der Waals surface area contributed by atoms with Crippen molar-refractivity contribution < 1.29 is 9.66 Å². The Morgan fingerprint density at radius 1 is 1.43 bits per heavy atom. The van der Waals surface area contributed by atoms with Gasteiger partial charge in [0, 0.05) is 41.5 Å². The van der Waals surface area contributed by atoms with Crippen molar-refractivity contribution in [2.45, 2.75) is 25.8 Å². The topological polar surface area (TPSA) is 77.3 Å². The monoisotopic (exact) mass is 287 g/mol. The average molecular weight is 287 g/mol. The van der Waals surface area contributed by atoms with Crippen LogP contribution >= 0.6 is 0 Å². The molecule has 0 aliphatic carbocycles. The zero-order valence-electron chi connectivity index (χ0n) is 11.8. The Kier molecular flexibility index (Phi) is 3.70. The van der Waals surface area contributed by atoms with Gasteiger partial charge in [-0.05, 0) is 31.9 Å². The van der Waals surface area contributed by atoms with Crippen LogP contribution in [0.15, 0.2) is 24.3 Å². The largest absolute Gasteiger partial charge is 0.379 e. The van der Waals surface area contributed by atoms with Crippen molar-refractivity contribution in [3.63, 3.8) is 0 Å². The number of aryl methyl sites for hydroxylation is 1. The summed E-state index contributed by atoms with van der Waals surface area (Å²) in [7, 11) is 0. The van der Waals surface area contributed by atoms with Crippen molar-refractivity contribution in [3.8, 4) is 0 Å². The molecule has 1 aliphatic rings. The first-order valence-corrected chi connectivity index (χ1v) is 7.03. The van der Waals surface area contributed by atoms with Gasteiger partial charge in [-0.25, -0.2) is 0 Å². The number of anilines is 1. The number of ether oxygens (including phenoxy) is 1. The van der Waals surface area contributed by atoms with E-state index in [4.69, 9.17) is 4.74 Å². The SMILES string of the molecule is Cc1cc(NC2CCCOC2)c2cc([N+](=O)[O-])ccc2n1. The van der Waals surface area contributed by atoms with Gasteiger partial charge in [-0.1, -0.05) is 0 Å². The van der Waals surface area contributed by atoms with Gasteiger partial charge in [0.05, 0.1) is 17.0 Å². The molecule has 1 aromatic heterocycles. The molecule has 0 spiro atoms. The number of hydrogen-bond acceptors (Lipinski definition) is 5. The summed E-state index contributed by atoms with van der Waals surface area (Å²) in [6.07, 6.45) is 2.07. The predicted octanol–water partition coefficient (Wildman–Crippen LogP) is 3.04. The summed E-state index contributed by atoms with van der Waals surface area (Å²) in [5.74, 6) is 0. The van der Waals surface area contributed by atoms with E-state index in [1.54, 1.807) is 12.1 Å². The third-order valence-corrected chi connectivity index (χ3v) is 3.65. The van der Waals surface area contributed by atoms with Crippen LogP contribution in [0, 0.1) is 17.0 Å². The van der Waals surface area contributed by atoms with E-state index in [0.29, 0.717) is 6.61 Å². The fourth-order valence-corrected chi connectivity index (χ4v) is 2.65. The zero-order valence-corrected chi connectivity index (χ0v) is 11.8. The standard InChI is InChI=1S/C15H17N3O3/c1-10-7-15(17-11-3-2-6-21-9-11)13-8-12(18(19)20)4-5-14(13)16-10/h4-5,7-8,11H,2-3,6,9H2,1H3,(H,16,17). The van der Waals surface area contributed by atoms with Crippen LogP contribution in [-0.2, 0) is 4.74 Å². The molecule has 0 saturated carbocycles. The van der Waals surface area contributed by atoms with Gasteiger partial charge < -0.3 is 10.1 Å². The molecular weight excluding hydrogens is 270 g/mol. The number of non-ortho nitro benzene ring substituents is 1. The average Bonchev–Trinajstić information content (AvgIpc) is 2.47. The van der Waals surface area contributed by atoms with Crippen LogP contribution in [0.1, 0.15) is 18.5 Å². The molecule has 1 aromatic carbocycles. The Balaban J connectivity index is 2.01. The number of benzene rings is 1. The Bertz CT molecular complexity index is 681. The second kappa shape index (κ2) is 5.65. The highest BCUT2D eigenvalue weighted by atomic mass is 16.6. The Morgan fingerprint density at radius 2 is 2.29 bits per heavy atom. The van der Waals surface area contributed by atoms with Crippen LogP contribution in [0.4, 0.5) is 11.4 Å². The minimum atomic E-state index is -0.382. The second-order valence-electron chi connectivity index (χ2n) is 5.33. The number of hydrogen-bond donors (Lipinski definition) is 1. The number of pyridine rings is 1. The van der Waals surface area contributed by atoms with E-state index in [1.165, 1.54) is 6.07 Å². The van der Waals surface area contributed by atoms with Crippen molar-refractivity contribution in [3.05, 3.63) is 40.1 Å². The van der Waals surface area contributed by atoms with Crippen LogP contribution < -0.4 is 5.32 Å². The number of nitrogens with zero attached hydrogens (tertiary/aromatic N) is 2. The summed E-state index contributed by atoms with van der Waals surface area (Å²) in [6.45, 7) is 3.39. The molecule has 2 heterocycles. The maximum absolute atomic E-state index is 11.0. The molecule has 110 valence electrons. The lowest BCUT2D eigenvalue weighted by molar-refractivity contribution is -0.384. The van der Waals surface area contributed by atoms with E-state index in [2.05, 4.69) is 10.3 Å². The smallest absolute Gasteiger partial charge is 0.270 e. The molecule has 1 atom stereocenters. The van der Waals surface area contributed by atoms with Crippen LogP contribution in [0.2, 0.25) is 0 Å². The van der Waals surface area contributed by atoms with Crippen molar-refractivity contribution in [1.29, 1.82) is 0 Å². The molecule has 0 radical (unpaired) electrons. The molecule has 1 fully saturated rings. The van der Waals surface area contributed by atoms with Crippen LogP contribution in [-0.4, -0.2) is 29.2 Å². The summed E-state index contributed by atoms with van der Waals surface area (Å²) in [4.78, 5) is 15.0. The number of nitro groups is 1. The number of nitro benzene ring substituents is 1. The molecule has 6 nitrogen and oxygen atoms in total. The summed E-state index contributed by atoms with van der Waals surface area (Å²) in [5, 5.41) is 15.2. The van der Waals surface area contributed by atoms with Crippen LogP contribution in [0.3, 0.4) is 0 Å². The van der Waals surface area contributed by atoms with E-state index < -0.39 is 0 Å². The van der Waals surface area contributed by atoms with Gasteiger partial charge in [0.2, 0.25) is 0 Å². The molecular formula is C15H17N3O3. The summed E-state index contributed by atoms with van der Waals surface area (Å²) >= 11 is 0. The highest BCUT2D eigenvalue weighted by Crippen LogP contribution is 2.28. The Labute approximate surface area is 122 Å². The van der Waals surface area contributed by atoms with Crippen LogP contribution in [0.25, 0.3) is 10.9 Å². The van der Waals surface area contributed by atoms with E-state index >= 15 is 0 Å².